The topological polar surface area (TPSA) is 74.8 Å². The largest absolute Gasteiger partial charge is 0.478 e. The smallest absolute Gasteiger partial charge is 0.337 e. The molecule has 0 bridgehead atoms. The SMILES string of the molecule is O=C(O)c1cc(-c2ccc(/C=N/Nc3ccc(Cl)cc3)o2)ccc1Cl. The van der Waals surface area contributed by atoms with Crippen molar-refractivity contribution in [2.24, 2.45) is 5.10 Å². The first kappa shape index (κ1) is 17.1. The molecule has 7 heteroatoms. The summed E-state index contributed by atoms with van der Waals surface area (Å²) in [5.41, 5.74) is 4.29. The molecule has 0 fully saturated rings. The molecule has 3 aromatic rings. The highest BCUT2D eigenvalue weighted by atomic mass is 35.5. The van der Waals surface area contributed by atoms with E-state index in [0.29, 0.717) is 22.1 Å². The molecule has 0 unspecified atom stereocenters. The fraction of sp³-hybridized carbons (Fsp3) is 0. The minimum absolute atomic E-state index is 0.0233. The summed E-state index contributed by atoms with van der Waals surface area (Å²) in [7, 11) is 0. The monoisotopic (exact) mass is 374 g/mol. The van der Waals surface area contributed by atoms with Crippen molar-refractivity contribution in [2.45, 2.75) is 0 Å². The Bertz CT molecular complexity index is 934. The fourth-order valence-corrected chi connectivity index (χ4v) is 2.44. The number of rotatable bonds is 5. The van der Waals surface area contributed by atoms with Crippen LogP contribution in [0.25, 0.3) is 11.3 Å². The van der Waals surface area contributed by atoms with Gasteiger partial charge in [-0.2, -0.15) is 5.10 Å². The Kier molecular flexibility index (Phi) is 5.07. The lowest BCUT2D eigenvalue weighted by Crippen LogP contribution is -1.97. The first-order valence-corrected chi connectivity index (χ1v) is 7.96. The minimum atomic E-state index is -1.09. The van der Waals surface area contributed by atoms with E-state index in [1.807, 2.05) is 0 Å². The van der Waals surface area contributed by atoms with Crippen LogP contribution >= 0.6 is 23.2 Å². The van der Waals surface area contributed by atoms with E-state index in [2.05, 4.69) is 10.5 Å². The number of furan rings is 1. The maximum Gasteiger partial charge on any atom is 0.337 e. The highest BCUT2D eigenvalue weighted by Crippen LogP contribution is 2.26. The van der Waals surface area contributed by atoms with Gasteiger partial charge in [0, 0.05) is 10.6 Å². The fourth-order valence-electron chi connectivity index (χ4n) is 2.11. The van der Waals surface area contributed by atoms with E-state index in [4.69, 9.17) is 32.7 Å². The average molecular weight is 375 g/mol. The Morgan fingerprint density at radius 3 is 2.56 bits per heavy atom. The van der Waals surface area contributed by atoms with E-state index in [9.17, 15) is 4.79 Å². The van der Waals surface area contributed by atoms with Gasteiger partial charge in [0.2, 0.25) is 0 Å². The number of aromatic carboxylic acids is 1. The lowest BCUT2D eigenvalue weighted by molar-refractivity contribution is 0.0697. The number of nitrogens with zero attached hydrogens (tertiary/aromatic N) is 1. The van der Waals surface area contributed by atoms with Gasteiger partial charge in [0.25, 0.3) is 0 Å². The second kappa shape index (κ2) is 7.42. The third-order valence-corrected chi connectivity index (χ3v) is 3.92. The molecule has 2 aromatic carbocycles. The molecule has 0 aliphatic carbocycles. The molecule has 2 N–H and O–H groups in total. The lowest BCUT2D eigenvalue weighted by Gasteiger charge is -2.02. The molecule has 25 heavy (non-hydrogen) atoms. The van der Waals surface area contributed by atoms with Crippen molar-refractivity contribution < 1.29 is 14.3 Å². The summed E-state index contributed by atoms with van der Waals surface area (Å²) in [5.74, 6) is -0.0530. The molecule has 0 saturated carbocycles. The Labute approximate surface area is 153 Å². The Hall–Kier alpha value is -2.76. The molecule has 0 spiro atoms. The molecule has 1 aromatic heterocycles. The molecule has 5 nitrogen and oxygen atoms in total. The van der Waals surface area contributed by atoms with Crippen molar-refractivity contribution >= 4 is 41.1 Å². The van der Waals surface area contributed by atoms with Crippen LogP contribution in [0, 0.1) is 0 Å². The van der Waals surface area contributed by atoms with Crippen LogP contribution in [-0.2, 0) is 0 Å². The molecule has 0 radical (unpaired) electrons. The molecule has 3 rings (SSSR count). The van der Waals surface area contributed by atoms with Gasteiger partial charge in [-0.05, 0) is 54.6 Å². The van der Waals surface area contributed by atoms with Crippen LogP contribution in [0.2, 0.25) is 10.0 Å². The maximum absolute atomic E-state index is 11.2. The normalized spacial score (nSPS) is 11.0. The highest BCUT2D eigenvalue weighted by molar-refractivity contribution is 6.33. The summed E-state index contributed by atoms with van der Waals surface area (Å²) >= 11 is 11.7. The highest BCUT2D eigenvalue weighted by Gasteiger charge is 2.12. The zero-order valence-corrected chi connectivity index (χ0v) is 14.3. The summed E-state index contributed by atoms with van der Waals surface area (Å²) in [4.78, 5) is 11.2. The van der Waals surface area contributed by atoms with E-state index in [0.717, 1.165) is 5.69 Å². The number of anilines is 1. The summed E-state index contributed by atoms with van der Waals surface area (Å²) < 4.78 is 5.65. The first-order chi connectivity index (χ1) is 12.0. The number of hydrogen-bond donors (Lipinski definition) is 2. The summed E-state index contributed by atoms with van der Waals surface area (Å²) in [6.07, 6.45) is 1.52. The Morgan fingerprint density at radius 2 is 1.84 bits per heavy atom. The van der Waals surface area contributed by atoms with Gasteiger partial charge in [-0.3, -0.25) is 5.43 Å². The van der Waals surface area contributed by atoms with E-state index in [1.165, 1.54) is 18.3 Å². The van der Waals surface area contributed by atoms with Crippen LogP contribution in [0.1, 0.15) is 16.1 Å². The van der Waals surface area contributed by atoms with Gasteiger partial charge in [-0.1, -0.05) is 23.2 Å². The quantitative estimate of drug-likeness (QED) is 0.463. The van der Waals surface area contributed by atoms with Crippen molar-refractivity contribution in [3.05, 3.63) is 76.0 Å². The second-order valence-electron chi connectivity index (χ2n) is 5.08. The predicted octanol–water partition coefficient (Wildman–Crippen LogP) is 5.40. The number of benzene rings is 2. The van der Waals surface area contributed by atoms with Crippen LogP contribution < -0.4 is 5.43 Å². The molecule has 0 amide bonds. The number of halogens is 2. The molecule has 0 aliphatic heterocycles. The van der Waals surface area contributed by atoms with E-state index < -0.39 is 5.97 Å². The number of carbonyl (C=O) groups is 1. The van der Waals surface area contributed by atoms with Crippen LogP contribution in [0.5, 0.6) is 0 Å². The second-order valence-corrected chi connectivity index (χ2v) is 5.92. The average Bonchev–Trinajstić information content (AvgIpc) is 3.06. The van der Waals surface area contributed by atoms with E-state index in [1.54, 1.807) is 42.5 Å². The zero-order valence-electron chi connectivity index (χ0n) is 12.7. The van der Waals surface area contributed by atoms with Crippen molar-refractivity contribution in [3.63, 3.8) is 0 Å². The third kappa shape index (κ3) is 4.21. The molecule has 0 aliphatic rings. The number of hydrazone groups is 1. The summed E-state index contributed by atoms with van der Waals surface area (Å²) in [6, 6.07) is 15.3. The van der Waals surface area contributed by atoms with Crippen molar-refractivity contribution in [3.8, 4) is 11.3 Å². The molecular weight excluding hydrogens is 363 g/mol. The first-order valence-electron chi connectivity index (χ1n) is 7.20. The van der Waals surface area contributed by atoms with Gasteiger partial charge < -0.3 is 9.52 Å². The van der Waals surface area contributed by atoms with Crippen LogP contribution in [0.4, 0.5) is 5.69 Å². The lowest BCUT2D eigenvalue weighted by atomic mass is 10.1. The van der Waals surface area contributed by atoms with E-state index in [-0.39, 0.29) is 10.6 Å². The van der Waals surface area contributed by atoms with Crippen molar-refractivity contribution in [1.29, 1.82) is 0 Å². The van der Waals surface area contributed by atoms with Crippen LogP contribution in [-0.4, -0.2) is 17.3 Å². The Morgan fingerprint density at radius 1 is 1.08 bits per heavy atom. The van der Waals surface area contributed by atoms with Crippen molar-refractivity contribution in [1.82, 2.24) is 0 Å². The zero-order chi connectivity index (χ0) is 17.8. The van der Waals surface area contributed by atoms with Crippen molar-refractivity contribution in [2.75, 3.05) is 5.43 Å². The molecule has 126 valence electrons. The van der Waals surface area contributed by atoms with Gasteiger partial charge >= 0.3 is 5.97 Å². The Balaban J connectivity index is 1.74. The minimum Gasteiger partial charge on any atom is -0.478 e. The number of carboxylic acid groups (broad SMARTS) is 1. The molecule has 0 atom stereocenters. The standard InChI is InChI=1S/C18H12Cl2N2O3/c19-12-2-4-13(5-3-12)22-21-10-14-6-8-17(25-14)11-1-7-16(20)15(9-11)18(23)24/h1-10,22H,(H,23,24)/b21-10+. The number of nitrogens with one attached hydrogen (secondary N) is 1. The van der Waals surface area contributed by atoms with E-state index >= 15 is 0 Å². The van der Waals surface area contributed by atoms with Crippen LogP contribution in [0.3, 0.4) is 0 Å². The van der Waals surface area contributed by atoms with Gasteiger partial charge in [-0.15, -0.1) is 0 Å². The maximum atomic E-state index is 11.2. The molecule has 0 saturated heterocycles. The van der Waals surface area contributed by atoms with Gasteiger partial charge in [0.1, 0.15) is 11.5 Å². The summed E-state index contributed by atoms with van der Waals surface area (Å²) in [5, 5.41) is 14.0. The molecular formula is C18H12Cl2N2O3. The van der Waals surface area contributed by atoms with Crippen LogP contribution in [0.15, 0.2) is 64.1 Å². The third-order valence-electron chi connectivity index (χ3n) is 3.34. The molecule has 1 heterocycles. The number of hydrogen-bond acceptors (Lipinski definition) is 4. The van der Waals surface area contributed by atoms with Gasteiger partial charge in [0.05, 0.1) is 22.5 Å². The predicted molar refractivity (Wildman–Crippen MR) is 98.8 cm³/mol. The summed E-state index contributed by atoms with van der Waals surface area (Å²) in [6.45, 7) is 0. The number of carboxylic acids is 1. The van der Waals surface area contributed by atoms with Gasteiger partial charge in [0.15, 0.2) is 0 Å². The van der Waals surface area contributed by atoms with Gasteiger partial charge in [-0.25, -0.2) is 4.79 Å².